The van der Waals surface area contributed by atoms with Gasteiger partial charge in [0.25, 0.3) is 0 Å². The summed E-state index contributed by atoms with van der Waals surface area (Å²) in [6.45, 7) is 2.17. The fraction of sp³-hybridized carbons (Fsp3) is 0.875. The van der Waals surface area contributed by atoms with Gasteiger partial charge in [-0.1, -0.05) is 0 Å². The van der Waals surface area contributed by atoms with Gasteiger partial charge in [-0.2, -0.15) is 0 Å². The molecule has 1 fully saturated rings. The summed E-state index contributed by atoms with van der Waals surface area (Å²) in [4.78, 5) is 10.7. The van der Waals surface area contributed by atoms with E-state index in [1.807, 2.05) is 0 Å². The molecule has 0 saturated carbocycles. The number of hydrogen-bond acceptors (Lipinski definition) is 3. The topological polar surface area (TPSA) is 38.3 Å². The third-order valence-corrected chi connectivity index (χ3v) is 2.15. The minimum atomic E-state index is -0.0862. The molecular weight excluding hydrogens is 178 g/mol. The molecule has 3 nitrogen and oxygen atoms in total. The van der Waals surface area contributed by atoms with Crippen molar-refractivity contribution in [3.05, 3.63) is 0 Å². The lowest BCUT2D eigenvalue weighted by atomic mass is 10.0. The number of methoxy groups -OCH3 is 1. The minimum absolute atomic E-state index is 0. The quantitative estimate of drug-likeness (QED) is 0.679. The zero-order valence-electron chi connectivity index (χ0n) is 7.34. The van der Waals surface area contributed by atoms with Crippen molar-refractivity contribution >= 4 is 18.4 Å². The molecular formula is C8H16ClNO2. The largest absolute Gasteiger partial charge is 0.469 e. The van der Waals surface area contributed by atoms with Crippen LogP contribution in [0.15, 0.2) is 0 Å². The first kappa shape index (κ1) is 11.7. The van der Waals surface area contributed by atoms with Crippen LogP contribution in [0.2, 0.25) is 0 Å². The first-order valence-corrected chi connectivity index (χ1v) is 4.10. The summed E-state index contributed by atoms with van der Waals surface area (Å²) in [5.74, 6) is 0.603. The second-order valence-corrected chi connectivity index (χ2v) is 2.97. The van der Waals surface area contributed by atoms with Gasteiger partial charge in [0.2, 0.25) is 0 Å². The van der Waals surface area contributed by atoms with E-state index in [1.54, 1.807) is 0 Å². The Bertz CT molecular complexity index is 135. The smallest absolute Gasteiger partial charge is 0.305 e. The lowest BCUT2D eigenvalue weighted by molar-refractivity contribution is -0.140. The number of hydrogen-bond donors (Lipinski definition) is 1. The fourth-order valence-electron chi connectivity index (χ4n) is 1.38. The highest BCUT2D eigenvalue weighted by Gasteiger charge is 2.15. The standard InChI is InChI=1S/C8H15NO2.ClH/c1-11-8(10)3-2-7-4-5-9-6-7;/h7,9H,2-6H2,1H3;1H/t7-;/m0./s1. The van der Waals surface area contributed by atoms with E-state index in [0.29, 0.717) is 12.3 Å². The van der Waals surface area contributed by atoms with E-state index in [1.165, 1.54) is 13.5 Å². The molecule has 0 radical (unpaired) electrons. The summed E-state index contributed by atoms with van der Waals surface area (Å²) in [6, 6.07) is 0. The predicted octanol–water partition coefficient (Wildman–Crippen LogP) is 0.971. The third kappa shape index (κ3) is 3.93. The van der Waals surface area contributed by atoms with Crippen molar-refractivity contribution in [2.24, 2.45) is 5.92 Å². The molecule has 1 rings (SSSR count). The predicted molar refractivity (Wildman–Crippen MR) is 49.5 cm³/mol. The van der Waals surface area contributed by atoms with Crippen LogP contribution in [0.5, 0.6) is 0 Å². The number of carbonyl (C=O) groups excluding carboxylic acids is 1. The molecule has 0 aliphatic carbocycles. The lowest BCUT2D eigenvalue weighted by Gasteiger charge is -2.05. The molecule has 0 spiro atoms. The summed E-state index contributed by atoms with van der Waals surface area (Å²) in [7, 11) is 1.44. The zero-order valence-corrected chi connectivity index (χ0v) is 8.15. The number of ether oxygens (including phenoxy) is 1. The molecule has 1 atom stereocenters. The summed E-state index contributed by atoms with van der Waals surface area (Å²) < 4.78 is 4.55. The maximum absolute atomic E-state index is 10.7. The van der Waals surface area contributed by atoms with Crippen molar-refractivity contribution in [3.8, 4) is 0 Å². The highest BCUT2D eigenvalue weighted by molar-refractivity contribution is 5.85. The Morgan fingerprint density at radius 1 is 1.67 bits per heavy atom. The van der Waals surface area contributed by atoms with Crippen LogP contribution in [0.25, 0.3) is 0 Å². The van der Waals surface area contributed by atoms with Crippen molar-refractivity contribution < 1.29 is 9.53 Å². The van der Waals surface area contributed by atoms with Gasteiger partial charge < -0.3 is 10.1 Å². The van der Waals surface area contributed by atoms with Gasteiger partial charge in [-0.25, -0.2) is 0 Å². The monoisotopic (exact) mass is 193 g/mol. The number of esters is 1. The summed E-state index contributed by atoms with van der Waals surface area (Å²) >= 11 is 0. The second kappa shape index (κ2) is 6.26. The molecule has 12 heavy (non-hydrogen) atoms. The first-order valence-electron chi connectivity index (χ1n) is 4.10. The Morgan fingerprint density at radius 3 is 2.92 bits per heavy atom. The van der Waals surface area contributed by atoms with Crippen molar-refractivity contribution in [2.45, 2.75) is 19.3 Å². The fourth-order valence-corrected chi connectivity index (χ4v) is 1.38. The Kier molecular flexibility index (Phi) is 6.11. The SMILES string of the molecule is COC(=O)CC[C@H]1CCNC1.Cl. The second-order valence-electron chi connectivity index (χ2n) is 2.97. The molecule has 1 saturated heterocycles. The van der Waals surface area contributed by atoms with Crippen LogP contribution < -0.4 is 5.32 Å². The third-order valence-electron chi connectivity index (χ3n) is 2.15. The molecule has 1 aliphatic heterocycles. The average Bonchev–Trinajstić information content (AvgIpc) is 2.52. The number of rotatable bonds is 3. The zero-order chi connectivity index (χ0) is 8.10. The molecule has 0 amide bonds. The van der Waals surface area contributed by atoms with Gasteiger partial charge in [-0.15, -0.1) is 12.4 Å². The molecule has 0 unspecified atom stereocenters. The van der Waals surface area contributed by atoms with Crippen LogP contribution in [0.3, 0.4) is 0 Å². The summed E-state index contributed by atoms with van der Waals surface area (Å²) in [5.41, 5.74) is 0. The molecule has 1 N–H and O–H groups in total. The molecule has 0 bridgehead atoms. The van der Waals surface area contributed by atoms with E-state index in [4.69, 9.17) is 0 Å². The Labute approximate surface area is 79.3 Å². The van der Waals surface area contributed by atoms with Gasteiger partial charge in [0.05, 0.1) is 7.11 Å². The van der Waals surface area contributed by atoms with Crippen molar-refractivity contribution in [2.75, 3.05) is 20.2 Å². The van der Waals surface area contributed by atoms with E-state index < -0.39 is 0 Å². The Morgan fingerprint density at radius 2 is 2.42 bits per heavy atom. The number of halogens is 1. The molecule has 0 aromatic heterocycles. The maximum Gasteiger partial charge on any atom is 0.305 e. The lowest BCUT2D eigenvalue weighted by Crippen LogP contribution is -2.10. The average molecular weight is 194 g/mol. The number of carbonyl (C=O) groups is 1. The highest BCUT2D eigenvalue weighted by atomic mass is 35.5. The molecule has 1 heterocycles. The van der Waals surface area contributed by atoms with Gasteiger partial charge >= 0.3 is 5.97 Å². The van der Waals surface area contributed by atoms with Crippen LogP contribution in [0.4, 0.5) is 0 Å². The van der Waals surface area contributed by atoms with Gasteiger partial charge in [-0.3, -0.25) is 4.79 Å². The molecule has 0 aromatic rings. The molecule has 0 aromatic carbocycles. The highest BCUT2D eigenvalue weighted by Crippen LogP contribution is 2.14. The number of nitrogens with one attached hydrogen (secondary N) is 1. The van der Waals surface area contributed by atoms with Crippen molar-refractivity contribution in [3.63, 3.8) is 0 Å². The van der Waals surface area contributed by atoms with Crippen molar-refractivity contribution in [1.82, 2.24) is 5.32 Å². The Hall–Kier alpha value is -0.280. The van der Waals surface area contributed by atoms with Crippen LogP contribution in [0.1, 0.15) is 19.3 Å². The van der Waals surface area contributed by atoms with Gasteiger partial charge in [-0.05, 0) is 31.8 Å². The molecule has 4 heteroatoms. The molecule has 72 valence electrons. The first-order chi connectivity index (χ1) is 5.33. The van der Waals surface area contributed by atoms with Crippen LogP contribution in [0, 0.1) is 5.92 Å². The summed E-state index contributed by atoms with van der Waals surface area (Å²) in [6.07, 6.45) is 2.75. The van der Waals surface area contributed by atoms with Crippen LogP contribution >= 0.6 is 12.4 Å². The van der Waals surface area contributed by atoms with E-state index >= 15 is 0 Å². The van der Waals surface area contributed by atoms with Crippen LogP contribution in [-0.2, 0) is 9.53 Å². The van der Waals surface area contributed by atoms with Gasteiger partial charge in [0, 0.05) is 6.42 Å². The van der Waals surface area contributed by atoms with Gasteiger partial charge in [0.1, 0.15) is 0 Å². The van der Waals surface area contributed by atoms with E-state index in [0.717, 1.165) is 19.5 Å². The minimum Gasteiger partial charge on any atom is -0.469 e. The summed E-state index contributed by atoms with van der Waals surface area (Å²) in [5, 5.41) is 3.26. The Balaban J connectivity index is 0.00000121. The van der Waals surface area contributed by atoms with E-state index in [-0.39, 0.29) is 18.4 Å². The van der Waals surface area contributed by atoms with Crippen molar-refractivity contribution in [1.29, 1.82) is 0 Å². The van der Waals surface area contributed by atoms with E-state index in [9.17, 15) is 4.79 Å². The van der Waals surface area contributed by atoms with Gasteiger partial charge in [0.15, 0.2) is 0 Å². The van der Waals surface area contributed by atoms with E-state index in [2.05, 4.69) is 10.1 Å². The maximum atomic E-state index is 10.7. The van der Waals surface area contributed by atoms with Crippen LogP contribution in [-0.4, -0.2) is 26.2 Å². The normalized spacial score (nSPS) is 21.6. The molecule has 1 aliphatic rings.